The summed E-state index contributed by atoms with van der Waals surface area (Å²) in [5.41, 5.74) is 0.622. The van der Waals surface area contributed by atoms with Gasteiger partial charge in [0.2, 0.25) is 0 Å². The van der Waals surface area contributed by atoms with Crippen LogP contribution in [0.5, 0.6) is 5.75 Å². The van der Waals surface area contributed by atoms with Gasteiger partial charge in [-0.05, 0) is 24.3 Å². The molecule has 2 aromatic carbocycles. The minimum atomic E-state index is -0.527. The fourth-order valence-corrected chi connectivity index (χ4v) is 2.99. The lowest BCUT2D eigenvalue weighted by Gasteiger charge is -2.35. The average molecular weight is 359 g/mol. The van der Waals surface area contributed by atoms with Gasteiger partial charge in [-0.1, -0.05) is 6.07 Å². The monoisotopic (exact) mass is 359 g/mol. The number of methoxy groups -OCH3 is 1. The fourth-order valence-electron chi connectivity index (χ4n) is 2.99. The first-order valence-electron chi connectivity index (χ1n) is 8.12. The molecule has 0 aromatic heterocycles. The van der Waals surface area contributed by atoms with Crippen molar-refractivity contribution in [1.82, 2.24) is 4.90 Å². The maximum atomic E-state index is 13.5. The summed E-state index contributed by atoms with van der Waals surface area (Å²) in [6.07, 6.45) is 0. The Morgan fingerprint density at radius 1 is 1.15 bits per heavy atom. The number of piperazine rings is 1. The number of ether oxygens (including phenoxy) is 1. The summed E-state index contributed by atoms with van der Waals surface area (Å²) in [6.45, 7) is 1.56. The van der Waals surface area contributed by atoms with Crippen LogP contribution in [-0.2, 0) is 0 Å². The zero-order chi connectivity index (χ0) is 18.7. The molecule has 8 heteroatoms. The lowest BCUT2D eigenvalue weighted by molar-refractivity contribution is -0.384. The second-order valence-corrected chi connectivity index (χ2v) is 5.90. The Morgan fingerprint density at radius 2 is 1.88 bits per heavy atom. The summed E-state index contributed by atoms with van der Waals surface area (Å²) in [6, 6.07) is 10.3. The van der Waals surface area contributed by atoms with Crippen LogP contribution in [0.2, 0.25) is 0 Å². The van der Waals surface area contributed by atoms with E-state index in [-0.39, 0.29) is 17.3 Å². The minimum absolute atomic E-state index is 0.128. The van der Waals surface area contributed by atoms with Gasteiger partial charge in [0.1, 0.15) is 17.3 Å². The van der Waals surface area contributed by atoms with Crippen LogP contribution in [0.15, 0.2) is 42.5 Å². The highest BCUT2D eigenvalue weighted by Gasteiger charge is 2.26. The highest BCUT2D eigenvalue weighted by molar-refractivity contribution is 5.94. The molecule has 0 atom stereocenters. The van der Waals surface area contributed by atoms with E-state index in [1.165, 1.54) is 13.2 Å². The summed E-state index contributed by atoms with van der Waals surface area (Å²) in [5, 5.41) is 11.2. The van der Waals surface area contributed by atoms with Crippen LogP contribution in [0.25, 0.3) is 0 Å². The molecule has 1 heterocycles. The Labute approximate surface area is 149 Å². The molecule has 0 aliphatic carbocycles. The predicted molar refractivity (Wildman–Crippen MR) is 94.2 cm³/mol. The van der Waals surface area contributed by atoms with Crippen molar-refractivity contribution in [3.63, 3.8) is 0 Å². The molecule has 1 amide bonds. The van der Waals surface area contributed by atoms with Gasteiger partial charge in [-0.3, -0.25) is 14.9 Å². The van der Waals surface area contributed by atoms with E-state index in [1.54, 1.807) is 34.1 Å². The molecule has 0 bridgehead atoms. The molecule has 0 radical (unpaired) electrons. The number of nitro groups is 1. The molecule has 136 valence electrons. The summed E-state index contributed by atoms with van der Waals surface area (Å²) >= 11 is 0. The maximum absolute atomic E-state index is 13.5. The molecule has 0 N–H and O–H groups in total. The molecule has 0 spiro atoms. The third kappa shape index (κ3) is 3.58. The average Bonchev–Trinajstić information content (AvgIpc) is 2.67. The zero-order valence-electron chi connectivity index (χ0n) is 14.2. The number of benzene rings is 2. The van der Waals surface area contributed by atoms with E-state index in [9.17, 15) is 19.3 Å². The van der Waals surface area contributed by atoms with Gasteiger partial charge >= 0.3 is 0 Å². The standard InChI is InChI=1S/C18H18FN3O4/c1-26-15-4-2-3-13(11-15)18(23)21-9-7-20(8-10-21)17-12-14(19)5-6-16(17)22(24)25/h2-6,11-12H,7-10H2,1H3. The van der Waals surface area contributed by atoms with Crippen LogP contribution in [0.1, 0.15) is 10.4 Å². The maximum Gasteiger partial charge on any atom is 0.292 e. The fraction of sp³-hybridized carbons (Fsp3) is 0.278. The second kappa shape index (κ2) is 7.38. The van der Waals surface area contributed by atoms with Crippen LogP contribution in [0, 0.1) is 15.9 Å². The normalized spacial score (nSPS) is 14.2. The molecule has 0 unspecified atom stereocenters. The number of halogens is 1. The largest absolute Gasteiger partial charge is 0.497 e. The number of hydrogen-bond acceptors (Lipinski definition) is 5. The Morgan fingerprint density at radius 3 is 2.54 bits per heavy atom. The second-order valence-electron chi connectivity index (χ2n) is 5.90. The summed E-state index contributed by atoms with van der Waals surface area (Å²) in [4.78, 5) is 26.7. The Hall–Kier alpha value is -3.16. The van der Waals surface area contributed by atoms with Crippen molar-refractivity contribution >= 4 is 17.3 Å². The van der Waals surface area contributed by atoms with Crippen molar-refractivity contribution in [2.24, 2.45) is 0 Å². The molecule has 1 aliphatic rings. The molecule has 3 rings (SSSR count). The lowest BCUT2D eigenvalue weighted by atomic mass is 10.1. The third-order valence-electron chi connectivity index (χ3n) is 4.36. The molecule has 26 heavy (non-hydrogen) atoms. The lowest BCUT2D eigenvalue weighted by Crippen LogP contribution is -2.49. The SMILES string of the molecule is COc1cccc(C(=O)N2CCN(c3cc(F)ccc3[N+](=O)[O-])CC2)c1. The van der Waals surface area contributed by atoms with E-state index in [0.29, 0.717) is 37.5 Å². The molecule has 0 saturated carbocycles. The van der Waals surface area contributed by atoms with Crippen LogP contribution < -0.4 is 9.64 Å². The molecular formula is C18H18FN3O4. The quantitative estimate of drug-likeness (QED) is 0.620. The summed E-state index contributed by atoms with van der Waals surface area (Å²) in [5.74, 6) is -0.0531. The van der Waals surface area contributed by atoms with Crippen molar-refractivity contribution in [3.8, 4) is 5.75 Å². The molecule has 2 aromatic rings. The van der Waals surface area contributed by atoms with E-state index < -0.39 is 10.7 Å². The number of anilines is 1. The van der Waals surface area contributed by atoms with Crippen molar-refractivity contribution < 1.29 is 18.8 Å². The smallest absolute Gasteiger partial charge is 0.292 e. The van der Waals surface area contributed by atoms with Gasteiger partial charge in [0.05, 0.1) is 12.0 Å². The van der Waals surface area contributed by atoms with E-state index in [2.05, 4.69) is 0 Å². The molecule has 1 saturated heterocycles. The third-order valence-corrected chi connectivity index (χ3v) is 4.36. The van der Waals surface area contributed by atoms with Gasteiger partial charge in [-0.2, -0.15) is 0 Å². The molecule has 7 nitrogen and oxygen atoms in total. The molecular weight excluding hydrogens is 341 g/mol. The summed E-state index contributed by atoms with van der Waals surface area (Å²) in [7, 11) is 1.54. The highest BCUT2D eigenvalue weighted by atomic mass is 19.1. The van der Waals surface area contributed by atoms with Gasteiger partial charge in [0.25, 0.3) is 11.6 Å². The minimum Gasteiger partial charge on any atom is -0.497 e. The Balaban J connectivity index is 1.72. The van der Waals surface area contributed by atoms with E-state index in [0.717, 1.165) is 12.1 Å². The number of hydrogen-bond donors (Lipinski definition) is 0. The van der Waals surface area contributed by atoms with Crippen molar-refractivity contribution in [2.75, 3.05) is 38.2 Å². The van der Waals surface area contributed by atoms with Crippen LogP contribution in [0.4, 0.5) is 15.8 Å². The van der Waals surface area contributed by atoms with Crippen molar-refractivity contribution in [3.05, 3.63) is 64.0 Å². The highest BCUT2D eigenvalue weighted by Crippen LogP contribution is 2.30. The van der Waals surface area contributed by atoms with Crippen LogP contribution in [-0.4, -0.2) is 49.0 Å². The Kier molecular flexibility index (Phi) is 5.01. The van der Waals surface area contributed by atoms with Gasteiger partial charge in [0.15, 0.2) is 0 Å². The number of nitro benzene ring substituents is 1. The topological polar surface area (TPSA) is 75.9 Å². The number of nitrogens with zero attached hydrogens (tertiary/aromatic N) is 3. The van der Waals surface area contributed by atoms with E-state index in [4.69, 9.17) is 4.74 Å². The zero-order valence-corrected chi connectivity index (χ0v) is 14.2. The van der Waals surface area contributed by atoms with Crippen LogP contribution in [0.3, 0.4) is 0 Å². The first-order valence-corrected chi connectivity index (χ1v) is 8.12. The molecule has 1 aliphatic heterocycles. The van der Waals surface area contributed by atoms with Crippen LogP contribution >= 0.6 is 0 Å². The number of carbonyl (C=O) groups is 1. The van der Waals surface area contributed by atoms with Gasteiger partial charge in [-0.25, -0.2) is 4.39 Å². The summed E-state index contributed by atoms with van der Waals surface area (Å²) < 4.78 is 18.7. The van der Waals surface area contributed by atoms with Crippen molar-refractivity contribution in [2.45, 2.75) is 0 Å². The number of carbonyl (C=O) groups excluding carboxylic acids is 1. The van der Waals surface area contributed by atoms with Gasteiger partial charge in [0, 0.05) is 43.9 Å². The Bertz CT molecular complexity index is 835. The first kappa shape index (κ1) is 17.7. The van der Waals surface area contributed by atoms with E-state index >= 15 is 0 Å². The number of rotatable bonds is 4. The first-order chi connectivity index (χ1) is 12.5. The van der Waals surface area contributed by atoms with Gasteiger partial charge in [-0.15, -0.1) is 0 Å². The van der Waals surface area contributed by atoms with Crippen molar-refractivity contribution in [1.29, 1.82) is 0 Å². The van der Waals surface area contributed by atoms with E-state index in [1.807, 2.05) is 0 Å². The van der Waals surface area contributed by atoms with Gasteiger partial charge < -0.3 is 14.5 Å². The predicted octanol–water partition coefficient (Wildman–Crippen LogP) is 2.70. The number of amides is 1. The molecule has 1 fully saturated rings.